The molecule has 0 aromatic heterocycles. The van der Waals surface area contributed by atoms with Crippen molar-refractivity contribution < 1.29 is 0 Å². The summed E-state index contributed by atoms with van der Waals surface area (Å²) in [6, 6.07) is 86.0. The second kappa shape index (κ2) is 13.6. The molecule has 0 amide bonds. The highest BCUT2D eigenvalue weighted by Crippen LogP contribution is 2.52. The summed E-state index contributed by atoms with van der Waals surface area (Å²) in [5.74, 6) is 0.256. The van der Waals surface area contributed by atoms with Gasteiger partial charge in [0.2, 0.25) is 0 Å². The molecule has 0 aliphatic heterocycles. The molecule has 0 heteroatoms. The van der Waals surface area contributed by atoms with Crippen molar-refractivity contribution in [2.45, 2.75) is 17.3 Å². The zero-order chi connectivity index (χ0) is 37.8. The first-order valence-electron chi connectivity index (χ1n) is 20.1. The Kier molecular flexibility index (Phi) is 7.97. The summed E-state index contributed by atoms with van der Waals surface area (Å²) in [6.07, 6.45) is 0. The van der Waals surface area contributed by atoms with Crippen molar-refractivity contribution in [3.05, 3.63) is 286 Å². The summed E-state index contributed by atoms with van der Waals surface area (Å²) in [6.45, 7) is 0. The van der Waals surface area contributed by atoms with Gasteiger partial charge in [0.25, 0.3) is 0 Å². The quantitative estimate of drug-likeness (QED) is 0.144. The van der Waals surface area contributed by atoms with Gasteiger partial charge < -0.3 is 0 Å². The third-order valence-corrected chi connectivity index (χ3v) is 12.6. The number of fused-ring (bicyclic) bond motifs is 6. The van der Waals surface area contributed by atoms with Gasteiger partial charge in [-0.25, -0.2) is 0 Å². The lowest BCUT2D eigenvalue weighted by atomic mass is 9.65. The van der Waals surface area contributed by atoms with Gasteiger partial charge in [0.05, 0.1) is 5.41 Å². The molecule has 0 fully saturated rings. The Bertz CT molecular complexity index is 2600. The van der Waals surface area contributed by atoms with E-state index in [-0.39, 0.29) is 11.8 Å². The molecule has 9 aromatic rings. The fourth-order valence-corrected chi connectivity index (χ4v) is 10.2. The number of hydrogen-bond donors (Lipinski definition) is 0. The zero-order valence-corrected chi connectivity index (χ0v) is 31.6. The number of benzene rings is 9. The highest BCUT2D eigenvalue weighted by molar-refractivity contribution is 5.84. The molecule has 0 heterocycles. The minimum absolute atomic E-state index is 0.128. The highest BCUT2D eigenvalue weighted by Gasteiger charge is 2.39. The fourth-order valence-electron chi connectivity index (χ4n) is 10.2. The maximum Gasteiger partial charge on any atom is 0.0701 e. The molecule has 268 valence electrons. The van der Waals surface area contributed by atoms with Gasteiger partial charge in [-0.05, 0) is 95.1 Å². The van der Waals surface area contributed by atoms with Crippen LogP contribution in [-0.4, -0.2) is 0 Å². The van der Waals surface area contributed by atoms with Gasteiger partial charge in [0, 0.05) is 11.8 Å². The van der Waals surface area contributed by atoms with Crippen molar-refractivity contribution in [3.63, 3.8) is 0 Å². The molecule has 0 radical (unpaired) electrons. The smallest absolute Gasteiger partial charge is 0.0622 e. The van der Waals surface area contributed by atoms with Crippen molar-refractivity contribution in [2.75, 3.05) is 0 Å². The summed E-state index contributed by atoms with van der Waals surface area (Å²) in [5.41, 5.74) is 20.4. The molecule has 2 aliphatic carbocycles. The Morgan fingerprint density at radius 2 is 0.579 bits per heavy atom. The van der Waals surface area contributed by atoms with Gasteiger partial charge in [0.1, 0.15) is 0 Å². The van der Waals surface area contributed by atoms with E-state index in [4.69, 9.17) is 0 Å². The molecule has 0 unspecified atom stereocenters. The molecule has 0 atom stereocenters. The third kappa shape index (κ3) is 5.29. The van der Waals surface area contributed by atoms with Gasteiger partial charge in [-0.2, -0.15) is 0 Å². The van der Waals surface area contributed by atoms with Crippen LogP contribution in [-0.2, 0) is 5.41 Å². The van der Waals surface area contributed by atoms with E-state index in [0.717, 1.165) is 0 Å². The first-order valence-corrected chi connectivity index (χ1v) is 20.1. The first-order chi connectivity index (χ1) is 28.3. The van der Waals surface area contributed by atoms with Crippen molar-refractivity contribution in [3.8, 4) is 33.4 Å². The van der Waals surface area contributed by atoms with Gasteiger partial charge in [-0.1, -0.05) is 224 Å². The average molecular weight is 725 g/mol. The number of hydrogen-bond acceptors (Lipinski definition) is 0. The van der Waals surface area contributed by atoms with Crippen LogP contribution >= 0.6 is 0 Å². The minimum atomic E-state index is -0.535. The van der Waals surface area contributed by atoms with Gasteiger partial charge >= 0.3 is 0 Å². The van der Waals surface area contributed by atoms with Gasteiger partial charge in [-0.3, -0.25) is 0 Å². The molecular weight excluding hydrogens is 685 g/mol. The topological polar surface area (TPSA) is 0 Å². The van der Waals surface area contributed by atoms with Crippen LogP contribution < -0.4 is 0 Å². The number of rotatable bonds is 7. The largest absolute Gasteiger partial charge is 0.0701 e. The van der Waals surface area contributed by atoms with Crippen LogP contribution in [0.2, 0.25) is 0 Å². The Balaban J connectivity index is 1.17. The van der Waals surface area contributed by atoms with Crippen LogP contribution in [0.15, 0.2) is 231 Å². The molecule has 0 nitrogen and oxygen atoms in total. The first kappa shape index (κ1) is 33.3. The standard InChI is InChI=1S/C57H40/c1-4-20-43(21-5-1)57(44-22-6-2-7-23-44,45-24-8-3-9-25-45)46-26-18-19-39(38-46)40-35-41(55-51-31-14-10-27-47(51)48-28-11-15-32-52(48)55)37-42(36-40)56-53-33-16-12-29-49(53)50-30-13-17-34-54(50)56/h1-38,55-56H. The summed E-state index contributed by atoms with van der Waals surface area (Å²) >= 11 is 0. The second-order valence-corrected chi connectivity index (χ2v) is 15.5. The molecule has 0 saturated carbocycles. The summed E-state index contributed by atoms with van der Waals surface area (Å²) in [5, 5.41) is 0. The average Bonchev–Trinajstić information content (AvgIpc) is 3.81. The molecule has 0 bridgehead atoms. The SMILES string of the molecule is c1ccc(C(c2ccccc2)(c2ccccc2)c2cccc(-c3cc(C4c5ccccc5-c5ccccc54)cc(C4c5ccccc5-c5ccccc54)c3)c2)cc1. The maximum atomic E-state index is 2.52. The summed E-state index contributed by atoms with van der Waals surface area (Å²) in [7, 11) is 0. The van der Waals surface area contributed by atoms with E-state index in [9.17, 15) is 0 Å². The van der Waals surface area contributed by atoms with E-state index in [2.05, 4.69) is 231 Å². The second-order valence-electron chi connectivity index (χ2n) is 15.5. The van der Waals surface area contributed by atoms with Crippen LogP contribution in [0, 0.1) is 0 Å². The van der Waals surface area contributed by atoms with E-state index in [0.29, 0.717) is 0 Å². The van der Waals surface area contributed by atoms with Crippen LogP contribution in [0.25, 0.3) is 33.4 Å². The molecule has 11 rings (SSSR count). The van der Waals surface area contributed by atoms with Crippen LogP contribution in [0.4, 0.5) is 0 Å². The van der Waals surface area contributed by atoms with Gasteiger partial charge in [-0.15, -0.1) is 0 Å². The third-order valence-electron chi connectivity index (χ3n) is 12.6. The Morgan fingerprint density at radius 3 is 0.965 bits per heavy atom. The Labute approximate surface area is 335 Å². The van der Waals surface area contributed by atoms with Crippen LogP contribution in [0.5, 0.6) is 0 Å². The summed E-state index contributed by atoms with van der Waals surface area (Å²) < 4.78 is 0. The molecule has 0 spiro atoms. The Morgan fingerprint density at radius 1 is 0.246 bits per heavy atom. The predicted molar refractivity (Wildman–Crippen MR) is 236 cm³/mol. The Hall–Kier alpha value is -7.02. The monoisotopic (exact) mass is 724 g/mol. The van der Waals surface area contributed by atoms with E-state index in [1.807, 2.05) is 0 Å². The predicted octanol–water partition coefficient (Wildman–Crippen LogP) is 14.1. The lowest BCUT2D eigenvalue weighted by molar-refractivity contribution is 0.745. The molecule has 9 aromatic carbocycles. The lowest BCUT2D eigenvalue weighted by Crippen LogP contribution is -2.31. The maximum absolute atomic E-state index is 2.52. The van der Waals surface area contributed by atoms with Crippen molar-refractivity contribution in [2.24, 2.45) is 0 Å². The molecule has 0 N–H and O–H groups in total. The molecule has 57 heavy (non-hydrogen) atoms. The van der Waals surface area contributed by atoms with Crippen LogP contribution in [0.1, 0.15) is 67.5 Å². The molecule has 0 saturated heterocycles. The van der Waals surface area contributed by atoms with Crippen molar-refractivity contribution >= 4 is 0 Å². The zero-order valence-electron chi connectivity index (χ0n) is 31.6. The molecule has 2 aliphatic rings. The minimum Gasteiger partial charge on any atom is -0.0622 e. The van der Waals surface area contributed by atoms with E-state index in [1.54, 1.807) is 0 Å². The van der Waals surface area contributed by atoms with E-state index in [1.165, 1.54) is 89.0 Å². The summed E-state index contributed by atoms with van der Waals surface area (Å²) in [4.78, 5) is 0. The van der Waals surface area contributed by atoms with E-state index >= 15 is 0 Å². The van der Waals surface area contributed by atoms with Crippen LogP contribution in [0.3, 0.4) is 0 Å². The highest BCUT2D eigenvalue weighted by atomic mass is 14.4. The van der Waals surface area contributed by atoms with Crippen molar-refractivity contribution in [1.29, 1.82) is 0 Å². The van der Waals surface area contributed by atoms with Gasteiger partial charge in [0.15, 0.2) is 0 Å². The van der Waals surface area contributed by atoms with Crippen molar-refractivity contribution in [1.82, 2.24) is 0 Å². The molecular formula is C57H40. The van der Waals surface area contributed by atoms with E-state index < -0.39 is 5.41 Å². The normalized spacial score (nSPS) is 13.1. The lowest BCUT2D eigenvalue weighted by Gasteiger charge is -2.37. The fraction of sp³-hybridized carbons (Fsp3) is 0.0526.